The fraction of sp³-hybridized carbons (Fsp3) is 0.895. The third kappa shape index (κ3) is 3.07. The lowest BCUT2D eigenvalue weighted by Crippen LogP contribution is -2.38. The molecule has 4 atom stereocenters. The van der Waals surface area contributed by atoms with E-state index in [4.69, 9.17) is 9.57 Å². The first-order chi connectivity index (χ1) is 10.1. The summed E-state index contributed by atoms with van der Waals surface area (Å²) in [6.45, 7) is 13.5. The topological polar surface area (TPSA) is 21.7 Å². The first kappa shape index (κ1) is 16.3. The second-order valence-electron chi connectivity index (χ2n) is 9.45. The minimum Gasteiger partial charge on any atom is -0.410 e. The van der Waals surface area contributed by atoms with Crippen LogP contribution >= 0.6 is 0 Å². The second-order valence-corrected chi connectivity index (χ2v) is 9.45. The van der Waals surface area contributed by atoms with Gasteiger partial charge in [-0.15, -0.1) is 5.06 Å². The minimum absolute atomic E-state index is 0.0213. The van der Waals surface area contributed by atoms with E-state index < -0.39 is 0 Å². The van der Waals surface area contributed by atoms with E-state index in [1.807, 2.05) is 0 Å². The maximum Gasteiger partial charge on any atom is 0.125 e. The molecule has 0 aromatic carbocycles. The zero-order valence-corrected chi connectivity index (χ0v) is 15.4. The van der Waals surface area contributed by atoms with E-state index in [-0.39, 0.29) is 11.0 Å². The van der Waals surface area contributed by atoms with E-state index in [0.717, 1.165) is 18.3 Å². The molecule has 0 saturated heterocycles. The van der Waals surface area contributed by atoms with Crippen LogP contribution in [0.25, 0.3) is 0 Å². The summed E-state index contributed by atoms with van der Waals surface area (Å²) in [5.41, 5.74) is 1.75. The highest BCUT2D eigenvalue weighted by Gasteiger charge is 2.53. The highest BCUT2D eigenvalue weighted by molar-refractivity contribution is 5.24. The minimum atomic E-state index is -0.0213. The van der Waals surface area contributed by atoms with Crippen LogP contribution in [0, 0.1) is 17.3 Å². The molecule has 3 rings (SSSR count). The molecule has 0 N–H and O–H groups in total. The summed E-state index contributed by atoms with van der Waals surface area (Å²) in [6, 6.07) is 0.416. The Labute approximate surface area is 136 Å². The average Bonchev–Trinajstić information content (AvgIpc) is 2.81. The smallest absolute Gasteiger partial charge is 0.125 e. The first-order valence-corrected chi connectivity index (χ1v) is 8.88. The molecule has 0 radical (unpaired) electrons. The van der Waals surface area contributed by atoms with Gasteiger partial charge in [-0.2, -0.15) is 0 Å². The van der Waals surface area contributed by atoms with Crippen molar-refractivity contribution in [2.24, 2.45) is 17.3 Å². The number of hydrogen-bond donors (Lipinski definition) is 0. The highest BCUT2D eigenvalue weighted by atomic mass is 16.7. The lowest BCUT2D eigenvalue weighted by Gasteiger charge is -2.32. The molecule has 3 heteroatoms. The summed E-state index contributed by atoms with van der Waals surface area (Å²) < 4.78 is 6.27. The largest absolute Gasteiger partial charge is 0.410 e. The number of allylic oxidation sites excluding steroid dienone is 1. The van der Waals surface area contributed by atoms with Gasteiger partial charge in [-0.3, -0.25) is 0 Å². The Bertz CT molecular complexity index is 469. The molecule has 0 spiro atoms. The number of nitrogens with zero attached hydrogens (tertiary/aromatic N) is 1. The molecule has 22 heavy (non-hydrogen) atoms. The number of ether oxygens (including phenoxy) is 1. The van der Waals surface area contributed by atoms with E-state index in [2.05, 4.69) is 53.7 Å². The van der Waals surface area contributed by atoms with Crippen molar-refractivity contribution in [3.8, 4) is 0 Å². The van der Waals surface area contributed by atoms with Crippen molar-refractivity contribution in [3.63, 3.8) is 0 Å². The first-order valence-electron chi connectivity index (χ1n) is 8.88. The van der Waals surface area contributed by atoms with Crippen LogP contribution in [-0.4, -0.2) is 29.9 Å². The lowest BCUT2D eigenvalue weighted by molar-refractivity contribution is -0.119. The van der Waals surface area contributed by atoms with Crippen molar-refractivity contribution in [2.45, 2.75) is 85.0 Å². The van der Waals surface area contributed by atoms with Crippen molar-refractivity contribution >= 4 is 0 Å². The molecule has 0 aromatic heterocycles. The molecular weight excluding hydrogens is 274 g/mol. The molecule has 126 valence electrons. The Kier molecular flexibility index (Phi) is 3.89. The van der Waals surface area contributed by atoms with Gasteiger partial charge in [0.15, 0.2) is 0 Å². The van der Waals surface area contributed by atoms with Gasteiger partial charge in [0, 0.05) is 13.5 Å². The van der Waals surface area contributed by atoms with Crippen molar-refractivity contribution in [1.29, 1.82) is 0 Å². The van der Waals surface area contributed by atoms with Crippen LogP contribution in [0.3, 0.4) is 0 Å². The molecular formula is C19H33NO2. The summed E-state index contributed by atoms with van der Waals surface area (Å²) in [5, 5.41) is 2.09. The molecule has 1 aliphatic heterocycles. The molecule has 0 amide bonds. The fourth-order valence-electron chi connectivity index (χ4n) is 4.58. The number of likely N-dealkylation sites (N-methyl/N-ethyl adjacent to an activating group) is 1. The van der Waals surface area contributed by atoms with Crippen molar-refractivity contribution < 1.29 is 9.57 Å². The SMILES string of the molecule is CN1OC2=C(CCC3C(CC2)C3OC(C)(C)C)C1C(C)(C)C. The van der Waals surface area contributed by atoms with Crippen molar-refractivity contribution in [1.82, 2.24) is 5.06 Å². The molecule has 0 bridgehead atoms. The van der Waals surface area contributed by atoms with Crippen molar-refractivity contribution in [2.75, 3.05) is 7.05 Å². The van der Waals surface area contributed by atoms with Gasteiger partial charge in [0.1, 0.15) is 5.76 Å². The zero-order chi connectivity index (χ0) is 16.3. The van der Waals surface area contributed by atoms with Crippen LogP contribution in [0.1, 0.15) is 67.2 Å². The molecule has 0 aromatic rings. The van der Waals surface area contributed by atoms with Gasteiger partial charge in [-0.1, -0.05) is 20.8 Å². The van der Waals surface area contributed by atoms with Gasteiger partial charge in [0.25, 0.3) is 0 Å². The quantitative estimate of drug-likeness (QED) is 0.710. The maximum atomic E-state index is 6.27. The zero-order valence-electron chi connectivity index (χ0n) is 15.4. The van der Waals surface area contributed by atoms with Crippen LogP contribution in [0.15, 0.2) is 11.3 Å². The predicted octanol–water partition coefficient (Wildman–Crippen LogP) is 4.54. The number of hydroxylamine groups is 2. The van der Waals surface area contributed by atoms with Crippen LogP contribution < -0.4 is 0 Å². The Morgan fingerprint density at radius 1 is 1.00 bits per heavy atom. The van der Waals surface area contributed by atoms with Gasteiger partial charge in [-0.05, 0) is 62.9 Å². The molecule has 1 fully saturated rings. The van der Waals surface area contributed by atoms with Crippen molar-refractivity contribution in [3.05, 3.63) is 11.3 Å². The van der Waals surface area contributed by atoms with Crippen LogP contribution in [0.4, 0.5) is 0 Å². The molecule has 2 aliphatic carbocycles. The van der Waals surface area contributed by atoms with Gasteiger partial charge in [-0.25, -0.2) is 0 Å². The van der Waals surface area contributed by atoms with Gasteiger partial charge < -0.3 is 9.57 Å². The van der Waals surface area contributed by atoms with E-state index in [1.165, 1.54) is 25.0 Å². The maximum absolute atomic E-state index is 6.27. The number of hydrogen-bond acceptors (Lipinski definition) is 3. The number of fused-ring (bicyclic) bond motifs is 1. The Balaban J connectivity index is 1.70. The molecule has 3 aliphatic rings. The van der Waals surface area contributed by atoms with E-state index in [9.17, 15) is 0 Å². The summed E-state index contributed by atoms with van der Waals surface area (Å²) in [5.74, 6) is 2.76. The summed E-state index contributed by atoms with van der Waals surface area (Å²) in [4.78, 5) is 6.12. The summed E-state index contributed by atoms with van der Waals surface area (Å²) in [6.07, 6.45) is 5.21. The van der Waals surface area contributed by atoms with Gasteiger partial charge in [0.05, 0.1) is 17.7 Å². The Hall–Kier alpha value is -0.540. The monoisotopic (exact) mass is 307 g/mol. The average molecular weight is 307 g/mol. The van der Waals surface area contributed by atoms with E-state index in [0.29, 0.717) is 12.1 Å². The standard InChI is InChI=1S/C19H33NO2/c1-18(2,3)17-14-9-8-12-13(16(12)21-19(4,5)6)10-11-15(14)22-20(17)7/h12-13,16-17H,8-11H2,1-7H3. The van der Waals surface area contributed by atoms with Crippen LogP contribution in [0.5, 0.6) is 0 Å². The Morgan fingerprint density at radius 3 is 2.14 bits per heavy atom. The lowest BCUT2D eigenvalue weighted by atomic mass is 9.79. The fourth-order valence-corrected chi connectivity index (χ4v) is 4.58. The highest BCUT2D eigenvalue weighted by Crippen LogP contribution is 2.54. The third-order valence-electron chi connectivity index (χ3n) is 5.32. The molecule has 4 unspecified atom stereocenters. The van der Waals surface area contributed by atoms with E-state index >= 15 is 0 Å². The predicted molar refractivity (Wildman–Crippen MR) is 89.2 cm³/mol. The normalized spacial score (nSPS) is 36.3. The van der Waals surface area contributed by atoms with Crippen LogP contribution in [-0.2, 0) is 9.57 Å². The van der Waals surface area contributed by atoms with Gasteiger partial charge >= 0.3 is 0 Å². The van der Waals surface area contributed by atoms with E-state index in [1.54, 1.807) is 5.57 Å². The molecule has 1 heterocycles. The molecule has 3 nitrogen and oxygen atoms in total. The van der Waals surface area contributed by atoms with Crippen LogP contribution in [0.2, 0.25) is 0 Å². The second kappa shape index (κ2) is 5.24. The third-order valence-corrected chi connectivity index (χ3v) is 5.32. The Morgan fingerprint density at radius 2 is 1.59 bits per heavy atom. The number of rotatable bonds is 1. The molecule has 1 saturated carbocycles. The summed E-state index contributed by atoms with van der Waals surface area (Å²) >= 11 is 0. The van der Waals surface area contributed by atoms with Gasteiger partial charge in [0.2, 0.25) is 0 Å². The summed E-state index contributed by atoms with van der Waals surface area (Å²) in [7, 11) is 2.09.